The summed E-state index contributed by atoms with van der Waals surface area (Å²) in [5.74, 6) is 0. The number of carbonyl (C=O) groups is 2. The van der Waals surface area contributed by atoms with Gasteiger partial charge in [-0.3, -0.25) is 0 Å². The first-order valence-electron chi connectivity index (χ1n) is 4.71. The van der Waals surface area contributed by atoms with Crippen molar-refractivity contribution in [3.8, 4) is 0 Å². The molecule has 0 aromatic rings. The average molecular weight is 204 g/mol. The lowest BCUT2D eigenvalue weighted by molar-refractivity contribution is 0.0227. The van der Waals surface area contributed by atoms with E-state index in [1.54, 1.807) is 0 Å². The van der Waals surface area contributed by atoms with Gasteiger partial charge in [0.15, 0.2) is 0 Å². The van der Waals surface area contributed by atoms with Crippen LogP contribution in [0.4, 0.5) is 9.59 Å². The molecule has 0 bridgehead atoms. The Hall–Kier alpha value is -1.26. The summed E-state index contributed by atoms with van der Waals surface area (Å²) in [6.45, 7) is 3.93. The zero-order valence-corrected chi connectivity index (χ0v) is 8.49. The number of carbonyl (C=O) groups excluding carboxylic acids is 1. The molecule has 0 saturated carbocycles. The summed E-state index contributed by atoms with van der Waals surface area (Å²) in [6, 6.07) is 0. The first-order chi connectivity index (χ1) is 6.60. The van der Waals surface area contributed by atoms with Gasteiger partial charge in [-0.2, -0.15) is 0 Å². The van der Waals surface area contributed by atoms with E-state index in [-0.39, 0.29) is 6.10 Å². The Kier molecular flexibility index (Phi) is 6.53. The van der Waals surface area contributed by atoms with Crippen molar-refractivity contribution in [1.29, 1.82) is 0 Å². The molecular weight excluding hydrogens is 188 g/mol. The van der Waals surface area contributed by atoms with Gasteiger partial charge in [-0.1, -0.05) is 26.7 Å². The SMILES string of the molecule is CCCC(CCC)OC(=O)OC(=O)O. The third-order valence-corrected chi connectivity index (χ3v) is 1.65. The van der Waals surface area contributed by atoms with Gasteiger partial charge in [-0.15, -0.1) is 0 Å². The molecule has 1 N–H and O–H groups in total. The van der Waals surface area contributed by atoms with Crippen molar-refractivity contribution in [2.45, 2.75) is 45.6 Å². The molecule has 0 saturated heterocycles. The number of hydrogen-bond acceptors (Lipinski definition) is 4. The maximum atomic E-state index is 10.8. The summed E-state index contributed by atoms with van der Waals surface area (Å²) in [5.41, 5.74) is 0. The molecule has 14 heavy (non-hydrogen) atoms. The highest BCUT2D eigenvalue weighted by molar-refractivity contribution is 5.75. The van der Waals surface area contributed by atoms with Gasteiger partial charge in [0, 0.05) is 0 Å². The van der Waals surface area contributed by atoms with Gasteiger partial charge in [0.05, 0.1) is 0 Å². The van der Waals surface area contributed by atoms with Crippen LogP contribution >= 0.6 is 0 Å². The van der Waals surface area contributed by atoms with Crippen molar-refractivity contribution in [3.05, 3.63) is 0 Å². The fraction of sp³-hybridized carbons (Fsp3) is 0.778. The van der Waals surface area contributed by atoms with Crippen LogP contribution in [0.2, 0.25) is 0 Å². The highest BCUT2D eigenvalue weighted by atomic mass is 16.8. The Balaban J connectivity index is 3.88. The summed E-state index contributed by atoms with van der Waals surface area (Å²) < 4.78 is 8.63. The number of hydrogen-bond donors (Lipinski definition) is 1. The molecule has 0 aliphatic carbocycles. The monoisotopic (exact) mass is 204 g/mol. The molecule has 0 heterocycles. The lowest BCUT2D eigenvalue weighted by Gasteiger charge is -2.14. The van der Waals surface area contributed by atoms with Gasteiger partial charge in [0.2, 0.25) is 0 Å². The van der Waals surface area contributed by atoms with Crippen molar-refractivity contribution in [2.75, 3.05) is 0 Å². The molecule has 0 aliphatic heterocycles. The van der Waals surface area contributed by atoms with E-state index in [1.807, 2.05) is 13.8 Å². The highest BCUT2D eigenvalue weighted by Crippen LogP contribution is 2.10. The van der Waals surface area contributed by atoms with Crippen molar-refractivity contribution >= 4 is 12.3 Å². The van der Waals surface area contributed by atoms with Crippen molar-refractivity contribution in [2.24, 2.45) is 0 Å². The van der Waals surface area contributed by atoms with E-state index < -0.39 is 12.3 Å². The largest absolute Gasteiger partial charge is 0.518 e. The topological polar surface area (TPSA) is 72.8 Å². The summed E-state index contributed by atoms with van der Waals surface area (Å²) in [7, 11) is 0. The van der Waals surface area contributed by atoms with Crippen LogP contribution in [0.25, 0.3) is 0 Å². The van der Waals surface area contributed by atoms with Crippen LogP contribution in [0.3, 0.4) is 0 Å². The fourth-order valence-electron chi connectivity index (χ4n) is 1.14. The van der Waals surface area contributed by atoms with Crippen LogP contribution in [0.15, 0.2) is 0 Å². The summed E-state index contributed by atoms with van der Waals surface area (Å²) in [5, 5.41) is 8.13. The van der Waals surface area contributed by atoms with Crippen molar-refractivity contribution in [3.63, 3.8) is 0 Å². The van der Waals surface area contributed by atoms with E-state index in [1.165, 1.54) is 0 Å². The van der Waals surface area contributed by atoms with Gasteiger partial charge in [0.1, 0.15) is 6.10 Å². The molecule has 0 rings (SSSR count). The first-order valence-corrected chi connectivity index (χ1v) is 4.71. The Morgan fingerprint density at radius 1 is 1.21 bits per heavy atom. The van der Waals surface area contributed by atoms with Crippen molar-refractivity contribution in [1.82, 2.24) is 0 Å². The standard InChI is InChI=1S/C9H16O5/c1-3-5-7(6-4-2)13-9(12)14-8(10)11/h7H,3-6H2,1-2H3,(H,10,11). The lowest BCUT2D eigenvalue weighted by Crippen LogP contribution is -2.20. The lowest BCUT2D eigenvalue weighted by atomic mass is 10.1. The second kappa shape index (κ2) is 7.17. The Morgan fingerprint density at radius 2 is 1.71 bits per heavy atom. The Bertz CT molecular complexity index is 184. The predicted octanol–water partition coefficient (Wildman–Crippen LogP) is 2.79. The number of ether oxygens (including phenoxy) is 2. The minimum Gasteiger partial charge on any atom is -0.449 e. The van der Waals surface area contributed by atoms with Crippen molar-refractivity contribution < 1.29 is 24.2 Å². The summed E-state index contributed by atoms with van der Waals surface area (Å²) >= 11 is 0. The van der Waals surface area contributed by atoms with Crippen LogP contribution in [-0.4, -0.2) is 23.5 Å². The molecular formula is C9H16O5. The van der Waals surface area contributed by atoms with Crippen LogP contribution < -0.4 is 0 Å². The average Bonchev–Trinajstić information content (AvgIpc) is 2.03. The second-order valence-electron chi connectivity index (χ2n) is 2.94. The molecule has 82 valence electrons. The van der Waals surface area contributed by atoms with Crippen LogP contribution in [-0.2, 0) is 9.47 Å². The minimum absolute atomic E-state index is 0.239. The van der Waals surface area contributed by atoms with Gasteiger partial charge < -0.3 is 14.6 Å². The molecule has 0 unspecified atom stereocenters. The molecule has 0 amide bonds. The van der Waals surface area contributed by atoms with Gasteiger partial charge in [-0.05, 0) is 12.8 Å². The molecule has 0 spiro atoms. The quantitative estimate of drug-likeness (QED) is 0.550. The zero-order chi connectivity index (χ0) is 11.0. The zero-order valence-electron chi connectivity index (χ0n) is 8.49. The molecule has 0 aliphatic rings. The van der Waals surface area contributed by atoms with Crippen LogP contribution in [0.5, 0.6) is 0 Å². The summed E-state index contributed by atoms with van der Waals surface area (Å²) in [6.07, 6.45) is 0.198. The van der Waals surface area contributed by atoms with E-state index in [9.17, 15) is 9.59 Å². The van der Waals surface area contributed by atoms with E-state index >= 15 is 0 Å². The fourth-order valence-corrected chi connectivity index (χ4v) is 1.14. The normalized spacial score (nSPS) is 9.93. The molecule has 0 atom stereocenters. The Morgan fingerprint density at radius 3 is 2.07 bits per heavy atom. The molecule has 0 aromatic heterocycles. The molecule has 5 nitrogen and oxygen atoms in total. The third-order valence-electron chi connectivity index (χ3n) is 1.65. The minimum atomic E-state index is -1.64. The van der Waals surface area contributed by atoms with E-state index in [4.69, 9.17) is 9.84 Å². The van der Waals surface area contributed by atoms with E-state index in [2.05, 4.69) is 4.74 Å². The molecule has 0 radical (unpaired) electrons. The van der Waals surface area contributed by atoms with Gasteiger partial charge in [-0.25, -0.2) is 9.59 Å². The molecule has 0 fully saturated rings. The van der Waals surface area contributed by atoms with Crippen LogP contribution in [0.1, 0.15) is 39.5 Å². The maximum Gasteiger partial charge on any atom is 0.518 e. The maximum absolute atomic E-state index is 10.8. The smallest absolute Gasteiger partial charge is 0.449 e. The molecule has 0 aromatic carbocycles. The predicted molar refractivity (Wildman–Crippen MR) is 49.2 cm³/mol. The van der Waals surface area contributed by atoms with Gasteiger partial charge >= 0.3 is 12.3 Å². The summed E-state index contributed by atoms with van der Waals surface area (Å²) in [4.78, 5) is 20.8. The number of rotatable bonds is 5. The highest BCUT2D eigenvalue weighted by Gasteiger charge is 2.16. The van der Waals surface area contributed by atoms with E-state index in [0.29, 0.717) is 0 Å². The van der Waals surface area contributed by atoms with Gasteiger partial charge in [0.25, 0.3) is 0 Å². The second-order valence-corrected chi connectivity index (χ2v) is 2.94. The first kappa shape index (κ1) is 12.7. The van der Waals surface area contributed by atoms with Crippen LogP contribution in [0, 0.1) is 0 Å². The molecule has 5 heteroatoms. The third kappa shape index (κ3) is 6.28. The Labute approximate surface area is 83.0 Å². The van der Waals surface area contributed by atoms with E-state index in [0.717, 1.165) is 25.7 Å². The number of carboxylic acid groups (broad SMARTS) is 1.